The van der Waals surface area contributed by atoms with Crippen molar-refractivity contribution in [3.63, 3.8) is 0 Å². The topological polar surface area (TPSA) is 90.7 Å². The van der Waals surface area contributed by atoms with Gasteiger partial charge in [-0.2, -0.15) is 0 Å². The van der Waals surface area contributed by atoms with E-state index in [1.54, 1.807) is 6.07 Å². The lowest BCUT2D eigenvalue weighted by Crippen LogP contribution is -2.20. The molecule has 0 spiro atoms. The second kappa shape index (κ2) is 6.74. The molecule has 1 aromatic carbocycles. The van der Waals surface area contributed by atoms with Crippen molar-refractivity contribution in [3.8, 4) is 5.75 Å². The van der Waals surface area contributed by atoms with Crippen molar-refractivity contribution in [2.24, 2.45) is 0 Å². The van der Waals surface area contributed by atoms with Gasteiger partial charge in [-0.15, -0.1) is 0 Å². The van der Waals surface area contributed by atoms with Gasteiger partial charge in [0, 0.05) is 6.07 Å². The molecule has 0 radical (unpaired) electrons. The van der Waals surface area contributed by atoms with Crippen LogP contribution in [0.1, 0.15) is 13.8 Å². The van der Waals surface area contributed by atoms with E-state index in [-0.39, 0.29) is 16.7 Å². The smallest absolute Gasteiger partial charge is 0.242 e. The van der Waals surface area contributed by atoms with E-state index in [4.69, 9.17) is 15.2 Å². The van der Waals surface area contributed by atoms with Gasteiger partial charge in [-0.25, -0.2) is 13.1 Å². The molecule has 0 amide bonds. The van der Waals surface area contributed by atoms with Crippen LogP contribution < -0.4 is 15.2 Å². The van der Waals surface area contributed by atoms with Gasteiger partial charge >= 0.3 is 0 Å². The molecule has 0 aliphatic carbocycles. The number of hydrogen-bond acceptors (Lipinski definition) is 5. The highest BCUT2D eigenvalue weighted by atomic mass is 32.2. The van der Waals surface area contributed by atoms with Gasteiger partial charge in [0.15, 0.2) is 0 Å². The van der Waals surface area contributed by atoms with Crippen LogP contribution in [0.25, 0.3) is 0 Å². The molecule has 6 nitrogen and oxygen atoms in total. The Labute approximate surface area is 113 Å². The van der Waals surface area contributed by atoms with Gasteiger partial charge in [0.25, 0.3) is 0 Å². The van der Waals surface area contributed by atoms with Crippen LogP contribution in [0.15, 0.2) is 23.1 Å². The molecule has 0 unspecified atom stereocenters. The van der Waals surface area contributed by atoms with Crippen molar-refractivity contribution < 1.29 is 17.9 Å². The first-order valence-electron chi connectivity index (χ1n) is 5.94. The highest BCUT2D eigenvalue weighted by Crippen LogP contribution is 2.23. The molecule has 0 aliphatic rings. The molecule has 0 heterocycles. The first-order valence-corrected chi connectivity index (χ1v) is 7.42. The molecule has 0 saturated heterocycles. The van der Waals surface area contributed by atoms with Crippen LogP contribution in [0.4, 0.5) is 5.69 Å². The SMILES string of the molecule is CNS(=O)(=O)c1ccc(OCCOC(C)C)cc1N. The number of benzene rings is 1. The molecule has 19 heavy (non-hydrogen) atoms. The zero-order chi connectivity index (χ0) is 14.5. The fourth-order valence-electron chi connectivity index (χ4n) is 1.41. The number of nitrogens with one attached hydrogen (secondary N) is 1. The number of rotatable bonds is 7. The van der Waals surface area contributed by atoms with E-state index in [9.17, 15) is 8.42 Å². The van der Waals surface area contributed by atoms with Crippen molar-refractivity contribution in [2.45, 2.75) is 24.8 Å². The van der Waals surface area contributed by atoms with Gasteiger partial charge in [-0.1, -0.05) is 0 Å². The van der Waals surface area contributed by atoms with Crippen LogP contribution in [-0.2, 0) is 14.8 Å². The molecular weight excluding hydrogens is 268 g/mol. The van der Waals surface area contributed by atoms with Gasteiger partial charge in [-0.05, 0) is 33.0 Å². The molecule has 0 aliphatic heterocycles. The summed E-state index contributed by atoms with van der Waals surface area (Å²) < 4.78 is 36.2. The Morgan fingerprint density at radius 2 is 2.00 bits per heavy atom. The average Bonchev–Trinajstić information content (AvgIpc) is 2.34. The summed E-state index contributed by atoms with van der Waals surface area (Å²) in [4.78, 5) is 0.0424. The number of ether oxygens (including phenoxy) is 2. The van der Waals surface area contributed by atoms with E-state index < -0.39 is 10.0 Å². The zero-order valence-corrected chi connectivity index (χ0v) is 12.2. The summed E-state index contributed by atoms with van der Waals surface area (Å²) in [6.07, 6.45) is 0.150. The Kier molecular flexibility index (Phi) is 5.59. The lowest BCUT2D eigenvalue weighted by Gasteiger charge is -2.11. The highest BCUT2D eigenvalue weighted by molar-refractivity contribution is 7.89. The molecule has 1 rings (SSSR count). The monoisotopic (exact) mass is 288 g/mol. The van der Waals surface area contributed by atoms with E-state index in [0.717, 1.165) is 0 Å². The average molecular weight is 288 g/mol. The molecule has 3 N–H and O–H groups in total. The number of nitrogens with two attached hydrogens (primary N) is 1. The van der Waals surface area contributed by atoms with Gasteiger partial charge < -0.3 is 15.2 Å². The summed E-state index contributed by atoms with van der Waals surface area (Å²) in [5.74, 6) is 0.514. The Morgan fingerprint density at radius 1 is 1.32 bits per heavy atom. The van der Waals surface area contributed by atoms with E-state index >= 15 is 0 Å². The third kappa shape index (κ3) is 4.70. The van der Waals surface area contributed by atoms with E-state index in [2.05, 4.69) is 4.72 Å². The van der Waals surface area contributed by atoms with Crippen LogP contribution in [0.3, 0.4) is 0 Å². The van der Waals surface area contributed by atoms with Crippen LogP contribution in [-0.4, -0.2) is 34.8 Å². The lowest BCUT2D eigenvalue weighted by molar-refractivity contribution is 0.0553. The van der Waals surface area contributed by atoms with Crippen LogP contribution in [0.2, 0.25) is 0 Å². The fourth-order valence-corrected chi connectivity index (χ4v) is 2.25. The third-order valence-corrected chi connectivity index (χ3v) is 3.83. The molecule has 108 valence electrons. The maximum absolute atomic E-state index is 11.6. The standard InChI is InChI=1S/C12H20N2O4S/c1-9(2)17-6-7-18-10-4-5-12(11(13)8-10)19(15,16)14-3/h4-5,8-9,14H,6-7,13H2,1-3H3. The highest BCUT2D eigenvalue weighted by Gasteiger charge is 2.15. The molecule has 0 atom stereocenters. The van der Waals surface area contributed by atoms with Gasteiger partial charge in [0.1, 0.15) is 17.3 Å². The van der Waals surface area contributed by atoms with Crippen molar-refractivity contribution >= 4 is 15.7 Å². The number of hydrogen-bond donors (Lipinski definition) is 2. The molecule has 0 fully saturated rings. The summed E-state index contributed by atoms with van der Waals surface area (Å²) in [6.45, 7) is 4.73. The minimum absolute atomic E-state index is 0.0424. The quantitative estimate of drug-likeness (QED) is 0.576. The molecule has 0 aromatic heterocycles. The molecule has 7 heteroatoms. The Bertz CT molecular complexity index is 514. The van der Waals surface area contributed by atoms with Crippen molar-refractivity contribution in [1.29, 1.82) is 0 Å². The van der Waals surface area contributed by atoms with Gasteiger partial charge in [0.2, 0.25) is 10.0 Å². The van der Waals surface area contributed by atoms with E-state index in [1.807, 2.05) is 13.8 Å². The van der Waals surface area contributed by atoms with Gasteiger partial charge in [0.05, 0.1) is 18.4 Å². The summed E-state index contributed by atoms with van der Waals surface area (Å²) in [6, 6.07) is 4.47. The van der Waals surface area contributed by atoms with Crippen LogP contribution in [0.5, 0.6) is 5.75 Å². The zero-order valence-electron chi connectivity index (χ0n) is 11.3. The second-order valence-electron chi connectivity index (χ2n) is 4.18. The molecule has 1 aromatic rings. The predicted molar refractivity (Wildman–Crippen MR) is 73.7 cm³/mol. The first kappa shape index (κ1) is 15.7. The summed E-state index contributed by atoms with van der Waals surface area (Å²) >= 11 is 0. The minimum atomic E-state index is -3.54. The minimum Gasteiger partial charge on any atom is -0.491 e. The predicted octanol–water partition coefficient (Wildman–Crippen LogP) is 0.981. The number of anilines is 1. The van der Waals surface area contributed by atoms with Crippen molar-refractivity contribution in [3.05, 3.63) is 18.2 Å². The number of nitrogen functional groups attached to an aromatic ring is 1. The van der Waals surface area contributed by atoms with E-state index in [1.165, 1.54) is 19.2 Å². The maximum Gasteiger partial charge on any atom is 0.242 e. The third-order valence-electron chi connectivity index (χ3n) is 2.34. The summed E-state index contributed by atoms with van der Waals surface area (Å²) in [7, 11) is -2.20. The second-order valence-corrected chi connectivity index (χ2v) is 6.03. The van der Waals surface area contributed by atoms with Crippen LogP contribution >= 0.6 is 0 Å². The maximum atomic E-state index is 11.6. The fraction of sp³-hybridized carbons (Fsp3) is 0.500. The number of sulfonamides is 1. The van der Waals surface area contributed by atoms with Crippen molar-refractivity contribution in [1.82, 2.24) is 4.72 Å². The normalized spacial score (nSPS) is 11.8. The first-order chi connectivity index (χ1) is 8.86. The lowest BCUT2D eigenvalue weighted by atomic mass is 10.3. The molecule has 0 bridgehead atoms. The largest absolute Gasteiger partial charge is 0.491 e. The summed E-state index contributed by atoms with van der Waals surface area (Å²) in [5, 5.41) is 0. The Hall–Kier alpha value is -1.31. The Morgan fingerprint density at radius 3 is 2.53 bits per heavy atom. The Balaban J connectivity index is 2.67. The van der Waals surface area contributed by atoms with E-state index in [0.29, 0.717) is 19.0 Å². The molecular formula is C12H20N2O4S. The summed E-state index contributed by atoms with van der Waals surface area (Å²) in [5.41, 5.74) is 5.85. The molecule has 0 saturated carbocycles. The van der Waals surface area contributed by atoms with Crippen LogP contribution in [0, 0.1) is 0 Å². The van der Waals surface area contributed by atoms with Gasteiger partial charge in [-0.3, -0.25) is 0 Å². The van der Waals surface area contributed by atoms with Crippen molar-refractivity contribution in [2.75, 3.05) is 26.0 Å².